The predicted octanol–water partition coefficient (Wildman–Crippen LogP) is 1.38. The summed E-state index contributed by atoms with van der Waals surface area (Å²) in [6, 6.07) is 7.90. The molecule has 3 rings (SSSR count). The molecule has 0 amide bonds. The fourth-order valence-corrected chi connectivity index (χ4v) is 3.13. The van der Waals surface area contributed by atoms with Gasteiger partial charge in [0.1, 0.15) is 6.04 Å². The van der Waals surface area contributed by atoms with Crippen LogP contribution in [0, 0.1) is 0 Å². The van der Waals surface area contributed by atoms with Crippen LogP contribution in [0.5, 0.6) is 0 Å². The number of hydrogen-bond donors (Lipinski definition) is 2. The van der Waals surface area contributed by atoms with Crippen molar-refractivity contribution in [3.05, 3.63) is 29.8 Å². The lowest BCUT2D eigenvalue weighted by atomic mass is 9.96. The van der Waals surface area contributed by atoms with E-state index in [2.05, 4.69) is 29.3 Å². The Morgan fingerprint density at radius 3 is 3.00 bits per heavy atom. The van der Waals surface area contributed by atoms with Crippen molar-refractivity contribution >= 4 is 11.7 Å². The van der Waals surface area contributed by atoms with Gasteiger partial charge in [-0.3, -0.25) is 10.1 Å². The first-order valence-corrected chi connectivity index (χ1v) is 6.06. The Kier molecular flexibility index (Phi) is 2.33. The summed E-state index contributed by atoms with van der Waals surface area (Å²) in [6.07, 6.45) is 0.839. The van der Waals surface area contributed by atoms with Crippen LogP contribution in [0.25, 0.3) is 0 Å². The number of anilines is 1. The molecule has 1 aromatic rings. The molecule has 1 fully saturated rings. The minimum atomic E-state index is -0.743. The molecule has 1 aromatic carbocycles. The van der Waals surface area contributed by atoms with E-state index in [9.17, 15) is 4.79 Å². The number of nitrogens with zero attached hydrogens (tertiary/aromatic N) is 1. The fraction of sp³-hybridized carbons (Fsp3) is 0.462. The standard InChI is InChI=1S/C13H16N2O2/c1-2-15-11-6-4-3-5-8(11)9-7-10(13(16)17)14-12(9)15/h3-6,9-10,12,14H,2,7H2,1H3,(H,16,17)/t9-,10+,12+/m1/s1. The van der Waals surface area contributed by atoms with Gasteiger partial charge in [-0.2, -0.15) is 0 Å². The van der Waals surface area contributed by atoms with E-state index >= 15 is 0 Å². The summed E-state index contributed by atoms with van der Waals surface area (Å²) in [6.45, 7) is 3.01. The number of carboxylic acids is 1. The number of benzene rings is 1. The fourth-order valence-electron chi connectivity index (χ4n) is 3.13. The van der Waals surface area contributed by atoms with Gasteiger partial charge in [-0.25, -0.2) is 0 Å². The number of fused-ring (bicyclic) bond motifs is 3. The third-order valence-electron chi connectivity index (χ3n) is 3.86. The Labute approximate surface area is 100 Å². The molecular weight excluding hydrogens is 216 g/mol. The summed E-state index contributed by atoms with van der Waals surface area (Å²) in [7, 11) is 0. The van der Waals surface area contributed by atoms with Gasteiger partial charge in [0, 0.05) is 18.2 Å². The maximum absolute atomic E-state index is 11.1. The molecule has 90 valence electrons. The van der Waals surface area contributed by atoms with E-state index < -0.39 is 12.0 Å². The first-order valence-electron chi connectivity index (χ1n) is 6.06. The van der Waals surface area contributed by atoms with Crippen LogP contribution in [0.4, 0.5) is 5.69 Å². The van der Waals surface area contributed by atoms with E-state index in [1.165, 1.54) is 11.3 Å². The van der Waals surface area contributed by atoms with E-state index in [4.69, 9.17) is 5.11 Å². The maximum atomic E-state index is 11.1. The molecule has 0 unspecified atom stereocenters. The Hall–Kier alpha value is -1.55. The maximum Gasteiger partial charge on any atom is 0.320 e. The van der Waals surface area contributed by atoms with Gasteiger partial charge >= 0.3 is 5.97 Å². The van der Waals surface area contributed by atoms with E-state index in [0.29, 0.717) is 12.3 Å². The van der Waals surface area contributed by atoms with E-state index in [-0.39, 0.29) is 6.17 Å². The van der Waals surface area contributed by atoms with Crippen LogP contribution in [0.2, 0.25) is 0 Å². The summed E-state index contributed by atoms with van der Waals surface area (Å²) in [5.41, 5.74) is 2.54. The molecule has 0 radical (unpaired) electrons. The number of likely N-dealkylation sites (N-methyl/N-ethyl adjacent to an activating group) is 1. The second-order valence-electron chi connectivity index (χ2n) is 4.69. The highest BCUT2D eigenvalue weighted by atomic mass is 16.4. The number of aliphatic carboxylic acids is 1. The van der Waals surface area contributed by atoms with Gasteiger partial charge in [-0.05, 0) is 25.0 Å². The van der Waals surface area contributed by atoms with Crippen LogP contribution >= 0.6 is 0 Å². The molecule has 2 aliphatic heterocycles. The van der Waals surface area contributed by atoms with Crippen molar-refractivity contribution in [1.82, 2.24) is 5.32 Å². The van der Waals surface area contributed by atoms with E-state index in [1.807, 2.05) is 12.1 Å². The Balaban J connectivity index is 1.98. The van der Waals surface area contributed by atoms with Crippen molar-refractivity contribution in [2.45, 2.75) is 31.5 Å². The highest BCUT2D eigenvalue weighted by Gasteiger charge is 2.46. The SMILES string of the molecule is CCN1c2ccccc2[C@H]2C[C@@H](C(=O)O)N[C@H]21. The number of nitrogens with one attached hydrogen (secondary N) is 1. The van der Waals surface area contributed by atoms with Crippen LogP contribution in [0.15, 0.2) is 24.3 Å². The van der Waals surface area contributed by atoms with Gasteiger partial charge < -0.3 is 10.0 Å². The molecular formula is C13H16N2O2. The summed E-state index contributed by atoms with van der Waals surface area (Å²) < 4.78 is 0. The van der Waals surface area contributed by atoms with Crippen molar-refractivity contribution < 1.29 is 9.90 Å². The van der Waals surface area contributed by atoms with Crippen LogP contribution < -0.4 is 10.2 Å². The first kappa shape index (κ1) is 10.6. The molecule has 4 heteroatoms. The lowest BCUT2D eigenvalue weighted by Crippen LogP contribution is -2.45. The van der Waals surface area contributed by atoms with Crippen molar-refractivity contribution in [2.75, 3.05) is 11.4 Å². The molecule has 0 saturated carbocycles. The molecule has 3 atom stereocenters. The number of para-hydroxylation sites is 1. The molecule has 0 aromatic heterocycles. The Bertz CT molecular complexity index is 460. The zero-order valence-electron chi connectivity index (χ0n) is 9.76. The molecule has 2 N–H and O–H groups in total. The molecule has 0 spiro atoms. The molecule has 4 nitrogen and oxygen atoms in total. The third kappa shape index (κ3) is 1.44. The van der Waals surface area contributed by atoms with Crippen LogP contribution in [0.1, 0.15) is 24.8 Å². The summed E-state index contributed by atoms with van der Waals surface area (Å²) in [5.74, 6) is -0.430. The van der Waals surface area contributed by atoms with Crippen LogP contribution in [0.3, 0.4) is 0 Å². The molecule has 0 aliphatic carbocycles. The number of carboxylic acid groups (broad SMARTS) is 1. The number of rotatable bonds is 2. The van der Waals surface area contributed by atoms with E-state index in [0.717, 1.165) is 6.54 Å². The number of carbonyl (C=O) groups is 1. The van der Waals surface area contributed by atoms with Crippen molar-refractivity contribution in [2.24, 2.45) is 0 Å². The molecule has 0 bridgehead atoms. The highest BCUT2D eigenvalue weighted by molar-refractivity contribution is 5.75. The summed E-state index contributed by atoms with van der Waals surface area (Å²) >= 11 is 0. The first-order chi connectivity index (χ1) is 8.22. The Morgan fingerprint density at radius 2 is 2.29 bits per heavy atom. The van der Waals surface area contributed by atoms with Gasteiger partial charge in [0.25, 0.3) is 0 Å². The van der Waals surface area contributed by atoms with Crippen molar-refractivity contribution in [3.8, 4) is 0 Å². The Morgan fingerprint density at radius 1 is 1.53 bits per heavy atom. The van der Waals surface area contributed by atoms with Crippen molar-refractivity contribution in [3.63, 3.8) is 0 Å². The topological polar surface area (TPSA) is 52.6 Å². The zero-order chi connectivity index (χ0) is 12.0. The predicted molar refractivity (Wildman–Crippen MR) is 65.2 cm³/mol. The molecule has 2 aliphatic rings. The second kappa shape index (κ2) is 3.74. The average molecular weight is 232 g/mol. The van der Waals surface area contributed by atoms with Gasteiger partial charge in [-0.1, -0.05) is 18.2 Å². The minimum absolute atomic E-state index is 0.151. The average Bonchev–Trinajstić information content (AvgIpc) is 2.85. The highest BCUT2D eigenvalue weighted by Crippen LogP contribution is 2.45. The molecule has 17 heavy (non-hydrogen) atoms. The van der Waals surface area contributed by atoms with Gasteiger partial charge in [-0.15, -0.1) is 0 Å². The summed E-state index contributed by atoms with van der Waals surface area (Å²) in [5, 5.41) is 12.3. The zero-order valence-corrected chi connectivity index (χ0v) is 9.76. The van der Waals surface area contributed by atoms with Gasteiger partial charge in [0.05, 0.1) is 6.17 Å². The van der Waals surface area contributed by atoms with Crippen LogP contribution in [-0.2, 0) is 4.79 Å². The lowest BCUT2D eigenvalue weighted by molar-refractivity contribution is -0.139. The number of hydrogen-bond acceptors (Lipinski definition) is 3. The largest absolute Gasteiger partial charge is 0.480 e. The lowest BCUT2D eigenvalue weighted by Gasteiger charge is -2.26. The third-order valence-corrected chi connectivity index (χ3v) is 3.86. The summed E-state index contributed by atoms with van der Waals surface area (Å²) in [4.78, 5) is 13.3. The minimum Gasteiger partial charge on any atom is -0.480 e. The molecule has 1 saturated heterocycles. The van der Waals surface area contributed by atoms with E-state index in [1.54, 1.807) is 0 Å². The van der Waals surface area contributed by atoms with Crippen molar-refractivity contribution in [1.29, 1.82) is 0 Å². The smallest absolute Gasteiger partial charge is 0.320 e. The quantitative estimate of drug-likeness (QED) is 0.809. The monoisotopic (exact) mass is 232 g/mol. The van der Waals surface area contributed by atoms with Crippen LogP contribution in [-0.4, -0.2) is 29.8 Å². The normalized spacial score (nSPS) is 30.2. The van der Waals surface area contributed by atoms with Gasteiger partial charge in [0.15, 0.2) is 0 Å². The second-order valence-corrected chi connectivity index (χ2v) is 4.69. The van der Waals surface area contributed by atoms with Gasteiger partial charge in [0.2, 0.25) is 0 Å². The molecule has 2 heterocycles.